The first kappa shape index (κ1) is 19.3. The first-order chi connectivity index (χ1) is 14.5. The summed E-state index contributed by atoms with van der Waals surface area (Å²) in [6, 6.07) is 24.2. The summed E-state index contributed by atoms with van der Waals surface area (Å²) in [7, 11) is -3.42. The molecule has 4 aromatic rings. The molecule has 0 amide bonds. The van der Waals surface area contributed by atoms with Gasteiger partial charge in [-0.05, 0) is 31.2 Å². The molecule has 1 aliphatic rings. The number of aromatic nitrogens is 1. The van der Waals surface area contributed by atoms with Crippen molar-refractivity contribution in [3.8, 4) is 0 Å². The number of quaternary nitrogens is 1. The largest absolute Gasteiger partial charge is 0.315 e. The Morgan fingerprint density at radius 1 is 0.800 bits per heavy atom. The van der Waals surface area contributed by atoms with Gasteiger partial charge in [0.25, 0.3) is 0 Å². The number of nitrogens with one attached hydrogen (secondary N) is 1. The summed E-state index contributed by atoms with van der Waals surface area (Å²) in [5.74, 6) is 0. The lowest BCUT2D eigenvalue weighted by atomic mass is 10.2. The lowest BCUT2D eigenvalue weighted by Crippen LogP contribution is -3.14. The van der Waals surface area contributed by atoms with Crippen molar-refractivity contribution in [2.45, 2.75) is 18.5 Å². The molecular weight excluding hydrogens is 394 g/mol. The van der Waals surface area contributed by atoms with Gasteiger partial charge < -0.3 is 4.90 Å². The van der Waals surface area contributed by atoms with E-state index >= 15 is 0 Å². The van der Waals surface area contributed by atoms with Crippen molar-refractivity contribution < 1.29 is 13.3 Å². The molecular formula is C24H26N3O2S+. The molecule has 0 bridgehead atoms. The first-order valence-corrected chi connectivity index (χ1v) is 11.8. The number of para-hydroxylation sites is 2. The molecule has 6 heteroatoms. The Balaban J connectivity index is 1.36. The summed E-state index contributed by atoms with van der Waals surface area (Å²) in [6.07, 6.45) is 0. The summed E-state index contributed by atoms with van der Waals surface area (Å²) >= 11 is 0. The van der Waals surface area contributed by atoms with E-state index in [0.717, 1.165) is 25.3 Å². The van der Waals surface area contributed by atoms with E-state index in [2.05, 4.69) is 53.1 Å². The van der Waals surface area contributed by atoms with Crippen molar-refractivity contribution in [3.63, 3.8) is 0 Å². The van der Waals surface area contributed by atoms with Crippen LogP contribution in [0.2, 0.25) is 0 Å². The van der Waals surface area contributed by atoms with Gasteiger partial charge in [-0.25, -0.2) is 8.42 Å². The molecule has 0 spiro atoms. The van der Waals surface area contributed by atoms with E-state index in [1.165, 1.54) is 26.7 Å². The summed E-state index contributed by atoms with van der Waals surface area (Å²) in [6.45, 7) is 5.49. The average molecular weight is 421 g/mol. The van der Waals surface area contributed by atoms with Crippen LogP contribution in [0.4, 0.5) is 0 Å². The van der Waals surface area contributed by atoms with Crippen LogP contribution in [0.1, 0.15) is 5.56 Å². The van der Waals surface area contributed by atoms with Crippen molar-refractivity contribution in [2.75, 3.05) is 26.2 Å². The van der Waals surface area contributed by atoms with Crippen molar-refractivity contribution in [1.29, 1.82) is 0 Å². The molecule has 2 heterocycles. The Kier molecular flexibility index (Phi) is 4.85. The van der Waals surface area contributed by atoms with Crippen molar-refractivity contribution >= 4 is 31.8 Å². The third-order valence-electron chi connectivity index (χ3n) is 6.15. The second kappa shape index (κ2) is 7.54. The second-order valence-electron chi connectivity index (χ2n) is 8.09. The monoisotopic (exact) mass is 420 g/mol. The minimum atomic E-state index is -3.42. The summed E-state index contributed by atoms with van der Waals surface area (Å²) in [5.41, 5.74) is 3.54. The highest BCUT2D eigenvalue weighted by Gasteiger charge is 2.30. The smallest absolute Gasteiger partial charge is 0.243 e. The Hall–Kier alpha value is -2.67. The number of hydrogen-bond acceptors (Lipinski definition) is 2. The topological polar surface area (TPSA) is 46.8 Å². The molecule has 1 N–H and O–H groups in total. The van der Waals surface area contributed by atoms with Gasteiger partial charge in [0.1, 0.15) is 0 Å². The maximum absolute atomic E-state index is 13.0. The van der Waals surface area contributed by atoms with Crippen molar-refractivity contribution in [1.82, 2.24) is 8.87 Å². The Morgan fingerprint density at radius 2 is 1.33 bits per heavy atom. The van der Waals surface area contributed by atoms with Crippen LogP contribution in [0.3, 0.4) is 0 Å². The van der Waals surface area contributed by atoms with E-state index in [0.29, 0.717) is 18.0 Å². The average Bonchev–Trinajstić information content (AvgIpc) is 3.09. The minimum Gasteiger partial charge on any atom is -0.315 e. The number of piperazine rings is 1. The molecule has 0 saturated carbocycles. The van der Waals surface area contributed by atoms with Crippen molar-refractivity contribution in [2.24, 2.45) is 0 Å². The maximum Gasteiger partial charge on any atom is 0.243 e. The van der Waals surface area contributed by atoms with Gasteiger partial charge in [0.05, 0.1) is 42.1 Å². The summed E-state index contributed by atoms with van der Waals surface area (Å²) in [5, 5.41) is 2.54. The third kappa shape index (κ3) is 3.31. The lowest BCUT2D eigenvalue weighted by Gasteiger charge is -2.32. The molecule has 1 aliphatic heterocycles. The quantitative estimate of drug-likeness (QED) is 0.552. The molecule has 5 rings (SSSR count). The van der Waals surface area contributed by atoms with Gasteiger partial charge in [0, 0.05) is 10.8 Å². The molecule has 1 fully saturated rings. The van der Waals surface area contributed by atoms with Crippen LogP contribution < -0.4 is 4.90 Å². The molecule has 5 nitrogen and oxygen atoms in total. The van der Waals surface area contributed by atoms with E-state index in [1.54, 1.807) is 16.4 Å². The Morgan fingerprint density at radius 3 is 1.90 bits per heavy atom. The van der Waals surface area contributed by atoms with Crippen LogP contribution in [0.15, 0.2) is 77.7 Å². The molecule has 1 aromatic heterocycles. The number of sulfonamides is 1. The zero-order chi connectivity index (χ0) is 20.7. The number of rotatable bonds is 4. The number of fused-ring (bicyclic) bond motifs is 3. The zero-order valence-corrected chi connectivity index (χ0v) is 17.9. The summed E-state index contributed by atoms with van der Waals surface area (Å²) < 4.78 is 30.0. The zero-order valence-electron chi connectivity index (χ0n) is 17.1. The van der Waals surface area contributed by atoms with Crippen molar-refractivity contribution in [3.05, 3.63) is 78.4 Å². The number of nitrogens with zero attached hydrogens (tertiary/aromatic N) is 2. The predicted octanol–water partition coefficient (Wildman–Crippen LogP) is 2.65. The van der Waals surface area contributed by atoms with Gasteiger partial charge in [0.2, 0.25) is 10.0 Å². The minimum absolute atomic E-state index is 0.388. The first-order valence-electron chi connectivity index (χ1n) is 10.4. The van der Waals surface area contributed by atoms with E-state index in [-0.39, 0.29) is 0 Å². The SMILES string of the molecule is Cc1ccc(S(=O)(=O)N2CC[NH+](Cn3c4ccccc4c4ccccc43)CC2)cc1. The summed E-state index contributed by atoms with van der Waals surface area (Å²) in [4.78, 5) is 1.79. The van der Waals surface area contributed by atoms with Crippen LogP contribution in [-0.2, 0) is 16.7 Å². The maximum atomic E-state index is 13.0. The molecule has 154 valence electrons. The molecule has 30 heavy (non-hydrogen) atoms. The molecule has 0 unspecified atom stereocenters. The fourth-order valence-electron chi connectivity index (χ4n) is 4.46. The third-order valence-corrected chi connectivity index (χ3v) is 8.06. The normalized spacial score (nSPS) is 16.4. The van der Waals surface area contributed by atoms with Gasteiger partial charge in [-0.1, -0.05) is 54.1 Å². The molecule has 0 radical (unpaired) electrons. The van der Waals surface area contributed by atoms with Crippen LogP contribution in [0.5, 0.6) is 0 Å². The fourth-order valence-corrected chi connectivity index (χ4v) is 5.90. The Bertz CT molecular complexity index is 1250. The second-order valence-corrected chi connectivity index (χ2v) is 10.0. The number of hydrogen-bond donors (Lipinski definition) is 1. The molecule has 0 aliphatic carbocycles. The molecule has 0 atom stereocenters. The fraction of sp³-hybridized carbons (Fsp3) is 0.250. The van der Waals surface area contributed by atoms with Crippen LogP contribution >= 0.6 is 0 Å². The van der Waals surface area contributed by atoms with Crippen LogP contribution in [0.25, 0.3) is 21.8 Å². The lowest BCUT2D eigenvalue weighted by molar-refractivity contribution is -0.925. The standard InChI is InChI=1S/C24H25N3O2S/c1-19-10-12-20(13-11-19)30(28,29)26-16-14-25(15-17-26)18-27-23-8-4-2-6-21(23)22-7-3-5-9-24(22)27/h2-13H,14-18H2,1H3/p+1. The van der Waals surface area contributed by atoms with E-state index in [4.69, 9.17) is 0 Å². The highest BCUT2D eigenvalue weighted by molar-refractivity contribution is 7.89. The highest BCUT2D eigenvalue weighted by atomic mass is 32.2. The van der Waals surface area contributed by atoms with Gasteiger partial charge in [-0.2, -0.15) is 4.31 Å². The van der Waals surface area contributed by atoms with E-state index in [9.17, 15) is 8.42 Å². The molecule has 1 saturated heterocycles. The number of benzene rings is 3. The number of aryl methyl sites for hydroxylation is 1. The Labute approximate surface area is 177 Å². The van der Waals surface area contributed by atoms with Gasteiger partial charge >= 0.3 is 0 Å². The van der Waals surface area contributed by atoms with Gasteiger partial charge in [0.15, 0.2) is 6.67 Å². The van der Waals surface area contributed by atoms with E-state index in [1.807, 2.05) is 19.1 Å². The molecule has 3 aromatic carbocycles. The predicted molar refractivity (Wildman–Crippen MR) is 120 cm³/mol. The van der Waals surface area contributed by atoms with Gasteiger partial charge in [-0.15, -0.1) is 0 Å². The van der Waals surface area contributed by atoms with E-state index < -0.39 is 10.0 Å². The highest BCUT2D eigenvalue weighted by Crippen LogP contribution is 2.28. The van der Waals surface area contributed by atoms with Crippen LogP contribution in [0, 0.1) is 6.92 Å². The van der Waals surface area contributed by atoms with Crippen LogP contribution in [-0.4, -0.2) is 43.5 Å². The van der Waals surface area contributed by atoms with Gasteiger partial charge in [-0.3, -0.25) is 4.57 Å².